The molecule has 5 amide bonds. The number of hydrogen-bond acceptors (Lipinski definition) is 8. The van der Waals surface area contributed by atoms with E-state index in [9.17, 15) is 24.0 Å². The number of carbonyl (C=O) groups excluding carboxylic acids is 5. The highest BCUT2D eigenvalue weighted by Crippen LogP contribution is 2.09. The summed E-state index contributed by atoms with van der Waals surface area (Å²) in [5.74, 6) is -3.29. The summed E-state index contributed by atoms with van der Waals surface area (Å²) in [4.78, 5) is 79.8. The molecule has 3 aromatic rings. The Morgan fingerprint density at radius 3 is 1.91 bits per heavy atom. The molecular formula is C31H41N11O5. The number of rotatable bonds is 18. The van der Waals surface area contributed by atoms with Crippen molar-refractivity contribution in [1.82, 2.24) is 36.2 Å². The molecule has 4 atom stereocenters. The molecule has 0 radical (unpaired) electrons. The van der Waals surface area contributed by atoms with Crippen molar-refractivity contribution in [2.75, 3.05) is 6.54 Å². The highest BCUT2D eigenvalue weighted by Gasteiger charge is 2.31. The number of H-pyrrole nitrogens is 1. The maximum Gasteiger partial charge on any atom is 0.243 e. The number of aromatic amines is 1. The molecule has 0 spiro atoms. The number of pyridine rings is 1. The molecular weight excluding hydrogens is 606 g/mol. The number of imidazole rings is 1. The lowest BCUT2D eigenvalue weighted by molar-refractivity contribution is -0.134. The van der Waals surface area contributed by atoms with Gasteiger partial charge in [-0.05, 0) is 36.1 Å². The number of hydrogen-bond donors (Lipinski definition) is 8. The van der Waals surface area contributed by atoms with E-state index in [1.54, 1.807) is 48.8 Å². The number of primary amides is 1. The summed E-state index contributed by atoms with van der Waals surface area (Å²) < 4.78 is 0. The van der Waals surface area contributed by atoms with E-state index >= 15 is 0 Å². The van der Waals surface area contributed by atoms with Crippen LogP contribution in [0.2, 0.25) is 0 Å². The van der Waals surface area contributed by atoms with E-state index < -0.39 is 53.7 Å². The number of carbonyl (C=O) groups is 5. The SMILES string of the molecule is CC(=O)N[C@@H](Cc1cnc[nH]1)C(=O)N[C@H](Cc1ccccc1)C(=O)N[C@@H](CCCN=C(N)N)C(=O)N[C@@H](Cc1ccncc1)C(N)=O. The maximum atomic E-state index is 13.8. The summed E-state index contributed by atoms with van der Waals surface area (Å²) >= 11 is 0. The number of nitrogens with zero attached hydrogens (tertiary/aromatic N) is 3. The fraction of sp³-hybridized carbons (Fsp3) is 0.355. The molecule has 1 aromatic carbocycles. The van der Waals surface area contributed by atoms with E-state index in [1.807, 2.05) is 6.07 Å². The summed E-state index contributed by atoms with van der Waals surface area (Å²) in [6, 6.07) is 7.94. The monoisotopic (exact) mass is 647 g/mol. The molecule has 2 heterocycles. The van der Waals surface area contributed by atoms with Gasteiger partial charge in [0, 0.05) is 57.0 Å². The van der Waals surface area contributed by atoms with Gasteiger partial charge in [-0.15, -0.1) is 0 Å². The Hall–Kier alpha value is -5.80. The third-order valence-electron chi connectivity index (χ3n) is 7.02. The van der Waals surface area contributed by atoms with Gasteiger partial charge in [-0.3, -0.25) is 33.9 Å². The molecule has 16 nitrogen and oxygen atoms in total. The van der Waals surface area contributed by atoms with Crippen molar-refractivity contribution >= 4 is 35.5 Å². The van der Waals surface area contributed by atoms with Crippen LogP contribution in [0.3, 0.4) is 0 Å². The quantitative estimate of drug-likeness (QED) is 0.0445. The average Bonchev–Trinajstić information content (AvgIpc) is 3.55. The van der Waals surface area contributed by atoms with E-state index in [-0.39, 0.29) is 38.2 Å². The van der Waals surface area contributed by atoms with E-state index in [2.05, 4.69) is 41.2 Å². The lowest BCUT2D eigenvalue weighted by Crippen LogP contribution is -2.59. The first-order valence-corrected chi connectivity index (χ1v) is 14.9. The van der Waals surface area contributed by atoms with Gasteiger partial charge in [0.1, 0.15) is 24.2 Å². The number of amides is 5. The van der Waals surface area contributed by atoms with Gasteiger partial charge < -0.3 is 43.5 Å². The Morgan fingerprint density at radius 1 is 0.745 bits per heavy atom. The Kier molecular flexibility index (Phi) is 13.8. The van der Waals surface area contributed by atoms with Crippen LogP contribution in [0, 0.1) is 0 Å². The Morgan fingerprint density at radius 2 is 1.32 bits per heavy atom. The zero-order chi connectivity index (χ0) is 34.2. The molecule has 0 aliphatic carbocycles. The predicted molar refractivity (Wildman–Crippen MR) is 173 cm³/mol. The summed E-state index contributed by atoms with van der Waals surface area (Å²) in [7, 11) is 0. The van der Waals surface area contributed by atoms with Crippen molar-refractivity contribution in [1.29, 1.82) is 0 Å². The number of benzene rings is 1. The summed E-state index contributed by atoms with van der Waals surface area (Å²) in [6.45, 7) is 1.45. The van der Waals surface area contributed by atoms with Crippen molar-refractivity contribution in [3.63, 3.8) is 0 Å². The van der Waals surface area contributed by atoms with E-state index in [1.165, 1.54) is 19.4 Å². The van der Waals surface area contributed by atoms with Crippen LogP contribution in [0.5, 0.6) is 0 Å². The first-order valence-electron chi connectivity index (χ1n) is 14.9. The van der Waals surface area contributed by atoms with Crippen LogP contribution in [0.25, 0.3) is 0 Å². The van der Waals surface area contributed by atoms with Gasteiger partial charge >= 0.3 is 0 Å². The molecule has 0 bridgehead atoms. The van der Waals surface area contributed by atoms with Crippen LogP contribution in [0.4, 0.5) is 0 Å². The Bertz CT molecular complexity index is 1500. The minimum absolute atomic E-state index is 0.0730. The van der Waals surface area contributed by atoms with Gasteiger partial charge in [0.15, 0.2) is 5.96 Å². The van der Waals surface area contributed by atoms with Crippen LogP contribution in [-0.2, 0) is 43.2 Å². The van der Waals surface area contributed by atoms with E-state index in [4.69, 9.17) is 17.2 Å². The van der Waals surface area contributed by atoms with Crippen LogP contribution in [-0.4, -0.2) is 81.2 Å². The van der Waals surface area contributed by atoms with E-state index in [0.29, 0.717) is 17.7 Å². The minimum atomic E-state index is -1.15. The zero-order valence-corrected chi connectivity index (χ0v) is 26.0. The van der Waals surface area contributed by atoms with Gasteiger partial charge in [0.05, 0.1) is 6.33 Å². The molecule has 0 aliphatic rings. The van der Waals surface area contributed by atoms with Gasteiger partial charge in [-0.2, -0.15) is 0 Å². The molecule has 2 aromatic heterocycles. The molecule has 250 valence electrons. The normalized spacial score (nSPS) is 13.2. The summed E-state index contributed by atoms with van der Waals surface area (Å²) in [5, 5.41) is 10.7. The van der Waals surface area contributed by atoms with E-state index in [0.717, 1.165) is 5.56 Å². The Balaban J connectivity index is 1.83. The third-order valence-corrected chi connectivity index (χ3v) is 7.02. The number of aliphatic imine (C=N–C) groups is 1. The van der Waals surface area contributed by atoms with Crippen molar-refractivity contribution < 1.29 is 24.0 Å². The van der Waals surface area contributed by atoms with Crippen LogP contribution >= 0.6 is 0 Å². The zero-order valence-electron chi connectivity index (χ0n) is 26.0. The molecule has 47 heavy (non-hydrogen) atoms. The minimum Gasteiger partial charge on any atom is -0.370 e. The van der Waals surface area contributed by atoms with Gasteiger partial charge in [0.25, 0.3) is 0 Å². The summed E-state index contributed by atoms with van der Waals surface area (Å²) in [5.41, 5.74) is 18.5. The maximum absolute atomic E-state index is 13.8. The molecule has 16 heteroatoms. The Labute approximate surface area is 271 Å². The average molecular weight is 648 g/mol. The van der Waals surface area contributed by atoms with Gasteiger partial charge in [0.2, 0.25) is 29.5 Å². The smallest absolute Gasteiger partial charge is 0.243 e. The number of nitrogens with one attached hydrogen (secondary N) is 5. The predicted octanol–water partition coefficient (Wildman–Crippen LogP) is -1.67. The van der Waals surface area contributed by atoms with Gasteiger partial charge in [-0.1, -0.05) is 30.3 Å². The summed E-state index contributed by atoms with van der Waals surface area (Å²) in [6.07, 6.45) is 6.73. The highest BCUT2D eigenvalue weighted by molar-refractivity contribution is 5.95. The fourth-order valence-electron chi connectivity index (χ4n) is 4.70. The van der Waals surface area contributed by atoms with Crippen molar-refractivity contribution in [3.8, 4) is 0 Å². The van der Waals surface area contributed by atoms with Crippen LogP contribution in [0.15, 0.2) is 72.4 Å². The molecule has 0 unspecified atom stereocenters. The van der Waals surface area contributed by atoms with Crippen molar-refractivity contribution in [2.24, 2.45) is 22.2 Å². The first kappa shape index (κ1) is 35.7. The lowest BCUT2D eigenvalue weighted by atomic mass is 10.0. The number of aromatic nitrogens is 3. The van der Waals surface area contributed by atoms with Crippen molar-refractivity contribution in [3.05, 3.63) is 84.2 Å². The highest BCUT2D eigenvalue weighted by atomic mass is 16.2. The molecule has 11 N–H and O–H groups in total. The number of guanidine groups is 1. The van der Waals surface area contributed by atoms with Crippen LogP contribution < -0.4 is 38.5 Å². The topological polar surface area (TPSA) is 265 Å². The second kappa shape index (κ2) is 18.2. The van der Waals surface area contributed by atoms with Crippen molar-refractivity contribution in [2.45, 2.75) is 63.2 Å². The molecule has 3 rings (SSSR count). The molecule has 0 fully saturated rings. The van der Waals surface area contributed by atoms with Gasteiger partial charge in [-0.25, -0.2) is 4.98 Å². The fourth-order valence-corrected chi connectivity index (χ4v) is 4.70. The first-order chi connectivity index (χ1) is 22.5. The standard InChI is InChI=1S/C31H41N11O5/c1-19(43)39-26(16-22-17-36-18-38-22)30(47)42-25(15-20-6-3-2-4-7-20)29(46)40-23(8-5-11-37-31(33)34)28(45)41-24(27(32)44)14-21-9-12-35-13-10-21/h2-4,6-7,9-10,12-13,17-18,23-26H,5,8,11,14-16H2,1H3,(H2,32,44)(H,36,38)(H,39,43)(H,40,46)(H,41,45)(H,42,47)(H4,33,34,37)/t23-,24-,25+,26-/m0/s1. The lowest BCUT2D eigenvalue weighted by Gasteiger charge is -2.26. The molecule has 0 saturated carbocycles. The molecule has 0 aliphatic heterocycles. The second-order valence-electron chi connectivity index (χ2n) is 10.8. The second-order valence-corrected chi connectivity index (χ2v) is 10.8. The largest absolute Gasteiger partial charge is 0.370 e. The third kappa shape index (κ3) is 12.6. The van der Waals surface area contributed by atoms with Crippen LogP contribution in [0.1, 0.15) is 36.6 Å². The number of nitrogens with two attached hydrogens (primary N) is 3. The molecule has 0 saturated heterocycles.